The van der Waals surface area contributed by atoms with Crippen LogP contribution < -0.4 is 0 Å². The van der Waals surface area contributed by atoms with Crippen molar-refractivity contribution in [2.24, 2.45) is 0 Å². The van der Waals surface area contributed by atoms with Gasteiger partial charge < -0.3 is 0 Å². The van der Waals surface area contributed by atoms with Crippen molar-refractivity contribution >= 4 is 43.4 Å². The Hall–Kier alpha value is -5.21. The number of hydrogen-bond acceptors (Lipinski definition) is 1. The minimum absolute atomic E-state index is 0.950. The minimum Gasteiger partial charge on any atom is -0.292 e. The van der Waals surface area contributed by atoms with Gasteiger partial charge in [0.05, 0.1) is 11.0 Å². The van der Waals surface area contributed by atoms with Crippen LogP contribution in [0.15, 0.2) is 140 Å². The Morgan fingerprint density at radius 2 is 1.07 bits per heavy atom. The number of rotatable bonds is 3. The molecule has 1 heterocycles. The van der Waals surface area contributed by atoms with E-state index in [1.165, 1.54) is 49.0 Å². The zero-order valence-electron chi connectivity index (χ0n) is 22.2. The van der Waals surface area contributed by atoms with Crippen LogP contribution in [0.25, 0.3) is 71.6 Å². The molecule has 0 bridgehead atoms. The fourth-order valence-corrected chi connectivity index (χ4v) is 6.24. The molecule has 7 aromatic carbocycles. The summed E-state index contributed by atoms with van der Waals surface area (Å²) in [6, 6.07) is 50.0. The number of benzene rings is 7. The Bertz CT molecular complexity index is 2160. The number of aromatic nitrogens is 2. The normalized spacial score (nSPS) is 11.6. The van der Waals surface area contributed by atoms with Gasteiger partial charge in [0.1, 0.15) is 5.82 Å². The molecule has 0 atom stereocenters. The summed E-state index contributed by atoms with van der Waals surface area (Å²) in [7, 11) is 0. The van der Waals surface area contributed by atoms with Gasteiger partial charge in [-0.3, -0.25) is 4.57 Å². The van der Waals surface area contributed by atoms with Crippen molar-refractivity contribution in [2.45, 2.75) is 6.92 Å². The molecule has 0 saturated carbocycles. The first-order chi connectivity index (χ1) is 19.8. The fourth-order valence-electron chi connectivity index (χ4n) is 6.24. The third-order valence-corrected chi connectivity index (χ3v) is 8.18. The number of aryl methyl sites for hydroxylation is 1. The van der Waals surface area contributed by atoms with Gasteiger partial charge in [-0.25, -0.2) is 4.98 Å². The third-order valence-electron chi connectivity index (χ3n) is 8.18. The quantitative estimate of drug-likeness (QED) is 0.216. The summed E-state index contributed by atoms with van der Waals surface area (Å²) in [6.07, 6.45) is 0. The summed E-state index contributed by atoms with van der Waals surface area (Å²) in [5, 5.41) is 7.63. The van der Waals surface area contributed by atoms with Gasteiger partial charge in [0, 0.05) is 11.3 Å². The Labute approximate surface area is 232 Å². The van der Waals surface area contributed by atoms with Crippen LogP contribution in [-0.2, 0) is 0 Å². The first-order valence-corrected chi connectivity index (χ1v) is 13.7. The van der Waals surface area contributed by atoms with E-state index in [9.17, 15) is 0 Å². The molecule has 0 aliphatic heterocycles. The first kappa shape index (κ1) is 22.7. The van der Waals surface area contributed by atoms with Gasteiger partial charge in [-0.05, 0) is 86.3 Å². The minimum atomic E-state index is 0.950. The molecule has 0 N–H and O–H groups in total. The van der Waals surface area contributed by atoms with Crippen molar-refractivity contribution in [1.82, 2.24) is 9.55 Å². The molecule has 40 heavy (non-hydrogen) atoms. The van der Waals surface area contributed by atoms with Crippen LogP contribution in [-0.4, -0.2) is 9.55 Å². The summed E-state index contributed by atoms with van der Waals surface area (Å²) in [5.74, 6) is 0.950. The molecule has 0 spiro atoms. The maximum absolute atomic E-state index is 5.10. The fraction of sp³-hybridized carbons (Fsp3) is 0.0263. The highest BCUT2D eigenvalue weighted by molar-refractivity contribution is 6.14. The van der Waals surface area contributed by atoms with E-state index in [4.69, 9.17) is 4.98 Å². The van der Waals surface area contributed by atoms with Gasteiger partial charge >= 0.3 is 0 Å². The summed E-state index contributed by atoms with van der Waals surface area (Å²) >= 11 is 0. The molecule has 1 aromatic heterocycles. The molecule has 8 aromatic rings. The molecule has 0 radical (unpaired) electrons. The second-order valence-electron chi connectivity index (χ2n) is 10.5. The van der Waals surface area contributed by atoms with Gasteiger partial charge in [-0.1, -0.05) is 109 Å². The average Bonchev–Trinajstić information content (AvgIpc) is 3.41. The number of para-hydroxylation sites is 2. The lowest BCUT2D eigenvalue weighted by molar-refractivity contribution is 1.10. The van der Waals surface area contributed by atoms with E-state index in [-0.39, 0.29) is 0 Å². The average molecular weight is 511 g/mol. The number of nitrogens with zero attached hydrogens (tertiary/aromatic N) is 2. The zero-order chi connectivity index (χ0) is 26.6. The van der Waals surface area contributed by atoms with Crippen LogP contribution in [0.5, 0.6) is 0 Å². The largest absolute Gasteiger partial charge is 0.292 e. The lowest BCUT2D eigenvalue weighted by Gasteiger charge is -2.16. The first-order valence-electron chi connectivity index (χ1n) is 13.7. The van der Waals surface area contributed by atoms with Crippen molar-refractivity contribution in [2.75, 3.05) is 0 Å². The van der Waals surface area contributed by atoms with Gasteiger partial charge in [0.2, 0.25) is 0 Å². The van der Waals surface area contributed by atoms with Gasteiger partial charge in [0.25, 0.3) is 0 Å². The van der Waals surface area contributed by atoms with E-state index in [1.807, 2.05) is 0 Å². The highest BCUT2D eigenvalue weighted by atomic mass is 15.1. The summed E-state index contributed by atoms with van der Waals surface area (Å²) in [6.45, 7) is 2.23. The number of hydrogen-bond donors (Lipinski definition) is 0. The maximum atomic E-state index is 5.10. The van der Waals surface area contributed by atoms with Crippen LogP contribution in [0.3, 0.4) is 0 Å². The van der Waals surface area contributed by atoms with Gasteiger partial charge in [-0.2, -0.15) is 0 Å². The molecule has 0 saturated heterocycles. The van der Waals surface area contributed by atoms with E-state index < -0.39 is 0 Å². The molecular formula is C38H26N2. The second kappa shape index (κ2) is 8.93. The van der Waals surface area contributed by atoms with E-state index in [2.05, 4.69) is 151 Å². The summed E-state index contributed by atoms with van der Waals surface area (Å²) in [4.78, 5) is 5.10. The molecule has 0 aliphatic rings. The van der Waals surface area contributed by atoms with Gasteiger partial charge in [0.15, 0.2) is 0 Å². The Morgan fingerprint density at radius 3 is 1.80 bits per heavy atom. The number of fused-ring (bicyclic) bond motifs is 4. The maximum Gasteiger partial charge on any atom is 0.145 e. The Balaban J connectivity index is 1.33. The van der Waals surface area contributed by atoms with Crippen LogP contribution in [0, 0.1) is 6.92 Å². The monoisotopic (exact) mass is 510 g/mol. The molecule has 8 rings (SSSR count). The predicted octanol–water partition coefficient (Wildman–Crippen LogP) is 10.1. The topological polar surface area (TPSA) is 17.8 Å². The highest BCUT2D eigenvalue weighted by Gasteiger charge is 2.16. The van der Waals surface area contributed by atoms with E-state index in [1.54, 1.807) is 0 Å². The van der Waals surface area contributed by atoms with E-state index in [0.29, 0.717) is 0 Å². The molecule has 2 heteroatoms. The van der Waals surface area contributed by atoms with Crippen LogP contribution in [0.1, 0.15) is 5.56 Å². The summed E-state index contributed by atoms with van der Waals surface area (Å²) in [5.41, 5.74) is 8.13. The number of imidazole rings is 1. The third kappa shape index (κ3) is 3.47. The lowest BCUT2D eigenvalue weighted by atomic mass is 9.89. The van der Waals surface area contributed by atoms with Crippen LogP contribution in [0.4, 0.5) is 0 Å². The predicted molar refractivity (Wildman–Crippen MR) is 169 cm³/mol. The second-order valence-corrected chi connectivity index (χ2v) is 10.5. The molecule has 2 nitrogen and oxygen atoms in total. The molecule has 0 aliphatic carbocycles. The molecular weight excluding hydrogens is 484 g/mol. The van der Waals surface area contributed by atoms with Crippen molar-refractivity contribution in [3.05, 3.63) is 145 Å². The molecule has 188 valence electrons. The molecule has 0 unspecified atom stereocenters. The smallest absolute Gasteiger partial charge is 0.145 e. The Kier molecular flexibility index (Phi) is 5.08. The van der Waals surface area contributed by atoms with Crippen LogP contribution >= 0.6 is 0 Å². The van der Waals surface area contributed by atoms with Gasteiger partial charge in [-0.15, -0.1) is 0 Å². The SMILES string of the molecule is Cc1c2ccccc2c(-c2ccc(-n3c(-c4ccc5ccccc5c4)nc4ccccc43)cc2)c2ccccc12. The molecule has 0 fully saturated rings. The highest BCUT2D eigenvalue weighted by Crippen LogP contribution is 2.39. The lowest BCUT2D eigenvalue weighted by Crippen LogP contribution is -1.98. The zero-order valence-corrected chi connectivity index (χ0v) is 22.2. The van der Waals surface area contributed by atoms with Crippen LogP contribution in [0.2, 0.25) is 0 Å². The standard InChI is InChI=1S/C38H26N2/c1-25-31-12-4-6-14-33(31)37(34-15-7-5-13-32(25)34)27-20-22-30(23-21-27)40-36-17-9-8-16-35(36)39-38(40)29-19-18-26-10-2-3-11-28(26)24-29/h2-24H,1H3. The van der Waals surface area contributed by atoms with Crippen molar-refractivity contribution < 1.29 is 0 Å². The molecule has 0 amide bonds. The Morgan fingerprint density at radius 1 is 0.500 bits per heavy atom. The summed E-state index contributed by atoms with van der Waals surface area (Å²) < 4.78 is 2.29. The van der Waals surface area contributed by atoms with E-state index >= 15 is 0 Å². The van der Waals surface area contributed by atoms with E-state index in [0.717, 1.165) is 28.1 Å². The van der Waals surface area contributed by atoms with Crippen molar-refractivity contribution in [3.63, 3.8) is 0 Å². The van der Waals surface area contributed by atoms with Crippen molar-refractivity contribution in [3.8, 4) is 28.2 Å². The van der Waals surface area contributed by atoms with Crippen molar-refractivity contribution in [1.29, 1.82) is 0 Å².